The molecule has 37 heavy (non-hydrogen) atoms. The highest BCUT2D eigenvalue weighted by molar-refractivity contribution is 7.92. The zero-order valence-electron chi connectivity index (χ0n) is 22.5. The van der Waals surface area contributed by atoms with Gasteiger partial charge in [0.25, 0.3) is 0 Å². The Morgan fingerprint density at radius 1 is 0.919 bits per heavy atom. The van der Waals surface area contributed by atoms with Crippen LogP contribution in [0.2, 0.25) is 0 Å². The highest BCUT2D eigenvalue weighted by Crippen LogP contribution is 2.34. The Labute approximate surface area is 219 Å². The molecular formula is C26H37N3O7S. The number of methoxy groups -OCH3 is 3. The van der Waals surface area contributed by atoms with Crippen molar-refractivity contribution in [3.8, 4) is 17.2 Å². The normalized spacial score (nSPS) is 12.0. The van der Waals surface area contributed by atoms with Crippen molar-refractivity contribution in [3.05, 3.63) is 48.0 Å². The summed E-state index contributed by atoms with van der Waals surface area (Å²) >= 11 is 0. The van der Waals surface area contributed by atoms with Gasteiger partial charge < -0.3 is 24.4 Å². The van der Waals surface area contributed by atoms with E-state index in [9.17, 15) is 18.0 Å². The molecule has 204 valence electrons. The lowest BCUT2D eigenvalue weighted by Crippen LogP contribution is -2.51. The zero-order valence-corrected chi connectivity index (χ0v) is 23.3. The van der Waals surface area contributed by atoms with Crippen LogP contribution in [0.1, 0.15) is 26.3 Å². The Balaban J connectivity index is 2.45. The van der Waals surface area contributed by atoms with Crippen LogP contribution in [0.15, 0.2) is 42.5 Å². The number of anilines is 1. The largest absolute Gasteiger partial charge is 0.497 e. The Bertz CT molecular complexity index is 1170. The van der Waals surface area contributed by atoms with Gasteiger partial charge >= 0.3 is 0 Å². The smallest absolute Gasteiger partial charge is 0.244 e. The summed E-state index contributed by atoms with van der Waals surface area (Å²) in [4.78, 5) is 28.0. The number of rotatable bonds is 13. The molecule has 0 saturated heterocycles. The van der Waals surface area contributed by atoms with Gasteiger partial charge in [0.2, 0.25) is 21.8 Å². The first kappa shape index (κ1) is 29.8. The van der Waals surface area contributed by atoms with Gasteiger partial charge in [0, 0.05) is 19.2 Å². The van der Waals surface area contributed by atoms with E-state index in [0.717, 1.165) is 16.1 Å². The third-order valence-corrected chi connectivity index (χ3v) is 6.82. The number of hydrogen-bond donors (Lipinski definition) is 1. The molecule has 2 rings (SSSR count). The molecule has 0 saturated carbocycles. The first-order valence-electron chi connectivity index (χ1n) is 11.8. The van der Waals surface area contributed by atoms with Gasteiger partial charge in [0.05, 0.1) is 33.3 Å². The number of hydrogen-bond acceptors (Lipinski definition) is 7. The summed E-state index contributed by atoms with van der Waals surface area (Å²) in [5.41, 5.74) is 0.904. The number of carbonyl (C=O) groups is 2. The van der Waals surface area contributed by atoms with Gasteiger partial charge in [0.15, 0.2) is 0 Å². The van der Waals surface area contributed by atoms with Gasteiger partial charge in [-0.25, -0.2) is 8.42 Å². The van der Waals surface area contributed by atoms with Crippen molar-refractivity contribution in [3.63, 3.8) is 0 Å². The summed E-state index contributed by atoms with van der Waals surface area (Å²) in [5.74, 6) is 0.636. The zero-order chi connectivity index (χ0) is 27.8. The molecule has 1 atom stereocenters. The second kappa shape index (κ2) is 13.2. The summed E-state index contributed by atoms with van der Waals surface area (Å²) in [6.07, 6.45) is 1.01. The maximum atomic E-state index is 13.7. The van der Waals surface area contributed by atoms with Crippen molar-refractivity contribution in [2.24, 2.45) is 5.92 Å². The summed E-state index contributed by atoms with van der Waals surface area (Å²) in [5, 5.41) is 2.85. The molecule has 0 aromatic heterocycles. The van der Waals surface area contributed by atoms with E-state index < -0.39 is 28.5 Å². The highest BCUT2D eigenvalue weighted by atomic mass is 32.2. The molecule has 2 amide bonds. The van der Waals surface area contributed by atoms with Crippen LogP contribution in [0.3, 0.4) is 0 Å². The average molecular weight is 536 g/mol. The third kappa shape index (κ3) is 8.28. The van der Waals surface area contributed by atoms with Gasteiger partial charge in [-0.15, -0.1) is 0 Å². The van der Waals surface area contributed by atoms with Crippen molar-refractivity contribution in [1.82, 2.24) is 10.2 Å². The predicted octanol–water partition coefficient (Wildman–Crippen LogP) is 2.67. The monoisotopic (exact) mass is 535 g/mol. The first-order valence-corrected chi connectivity index (χ1v) is 13.7. The molecule has 0 bridgehead atoms. The van der Waals surface area contributed by atoms with Crippen molar-refractivity contribution in [2.75, 3.05) is 45.0 Å². The number of amides is 2. The third-order valence-electron chi connectivity index (χ3n) is 5.70. The predicted molar refractivity (Wildman–Crippen MR) is 143 cm³/mol. The molecule has 1 unspecified atom stereocenters. The number of sulfonamides is 1. The molecule has 0 fully saturated rings. The number of nitrogens with one attached hydrogen (secondary N) is 1. The quantitative estimate of drug-likeness (QED) is 0.419. The topological polar surface area (TPSA) is 114 Å². The fraction of sp³-hybridized carbons (Fsp3) is 0.462. The molecule has 0 aliphatic rings. The first-order chi connectivity index (χ1) is 17.4. The molecule has 11 heteroatoms. The van der Waals surface area contributed by atoms with Gasteiger partial charge in [-0.3, -0.25) is 13.9 Å². The van der Waals surface area contributed by atoms with Crippen LogP contribution in [0.4, 0.5) is 5.69 Å². The van der Waals surface area contributed by atoms with E-state index >= 15 is 0 Å². The Kier molecular flexibility index (Phi) is 10.6. The van der Waals surface area contributed by atoms with E-state index in [1.807, 2.05) is 13.8 Å². The fourth-order valence-corrected chi connectivity index (χ4v) is 4.39. The van der Waals surface area contributed by atoms with Crippen LogP contribution in [-0.2, 0) is 26.2 Å². The highest BCUT2D eigenvalue weighted by Gasteiger charge is 2.31. The summed E-state index contributed by atoms with van der Waals surface area (Å²) < 4.78 is 42.4. The van der Waals surface area contributed by atoms with E-state index in [1.54, 1.807) is 50.4 Å². The standard InChI is InChI=1S/C26H37N3O7S/c1-18(2)15-27-26(31)19(3)28(16-20-8-10-21(34-4)11-9-20)25(30)17-29(37(7,32)33)23-14-22(35-5)12-13-24(23)36-6/h8-14,18-19H,15-17H2,1-7H3,(H,27,31). The molecule has 0 aliphatic heterocycles. The molecule has 2 aromatic carbocycles. The number of benzene rings is 2. The van der Waals surface area contributed by atoms with Crippen molar-refractivity contribution < 1.29 is 32.2 Å². The molecule has 1 N–H and O–H groups in total. The van der Waals surface area contributed by atoms with Crippen LogP contribution >= 0.6 is 0 Å². The Morgan fingerprint density at radius 3 is 2.03 bits per heavy atom. The van der Waals surface area contributed by atoms with E-state index in [-0.39, 0.29) is 29.8 Å². The van der Waals surface area contributed by atoms with Gasteiger partial charge in [0.1, 0.15) is 29.8 Å². The Hall–Kier alpha value is -3.47. The minimum Gasteiger partial charge on any atom is -0.497 e. The minimum atomic E-state index is -3.92. The number of carbonyl (C=O) groups excluding carboxylic acids is 2. The van der Waals surface area contributed by atoms with Gasteiger partial charge in [-0.1, -0.05) is 26.0 Å². The van der Waals surface area contributed by atoms with Crippen molar-refractivity contribution in [2.45, 2.75) is 33.4 Å². The molecule has 0 aliphatic carbocycles. The van der Waals surface area contributed by atoms with Gasteiger partial charge in [-0.05, 0) is 42.7 Å². The van der Waals surface area contributed by atoms with Gasteiger partial charge in [-0.2, -0.15) is 0 Å². The lowest BCUT2D eigenvalue weighted by Gasteiger charge is -2.32. The van der Waals surface area contributed by atoms with Crippen molar-refractivity contribution in [1.29, 1.82) is 0 Å². The summed E-state index contributed by atoms with van der Waals surface area (Å²) in [7, 11) is 0.495. The Morgan fingerprint density at radius 2 is 1.51 bits per heavy atom. The molecule has 10 nitrogen and oxygen atoms in total. The lowest BCUT2D eigenvalue weighted by atomic mass is 10.1. The maximum Gasteiger partial charge on any atom is 0.244 e. The van der Waals surface area contributed by atoms with Crippen LogP contribution < -0.4 is 23.8 Å². The maximum absolute atomic E-state index is 13.7. The fourth-order valence-electron chi connectivity index (χ4n) is 3.55. The molecule has 0 heterocycles. The number of nitrogens with zero attached hydrogens (tertiary/aromatic N) is 2. The number of ether oxygens (including phenoxy) is 3. The molecule has 2 aromatic rings. The van der Waals surface area contributed by atoms with Crippen LogP contribution in [0, 0.1) is 5.92 Å². The van der Waals surface area contributed by atoms with Crippen LogP contribution in [0.25, 0.3) is 0 Å². The molecule has 0 spiro atoms. The molecule has 0 radical (unpaired) electrons. The summed E-state index contributed by atoms with van der Waals surface area (Å²) in [6.45, 7) is 5.55. The second-order valence-corrected chi connectivity index (χ2v) is 10.9. The SMILES string of the molecule is COc1ccc(CN(C(=O)CN(c2cc(OC)ccc2OC)S(C)(=O)=O)C(C)C(=O)NCC(C)C)cc1. The summed E-state index contributed by atoms with van der Waals surface area (Å²) in [6, 6.07) is 10.9. The van der Waals surface area contributed by atoms with Crippen LogP contribution in [0.5, 0.6) is 17.2 Å². The van der Waals surface area contributed by atoms with Crippen molar-refractivity contribution >= 4 is 27.5 Å². The van der Waals surface area contributed by atoms with E-state index in [0.29, 0.717) is 18.0 Å². The van der Waals surface area contributed by atoms with Crippen LogP contribution in [-0.4, -0.2) is 71.8 Å². The lowest BCUT2D eigenvalue weighted by molar-refractivity contribution is -0.139. The van der Waals surface area contributed by atoms with E-state index in [4.69, 9.17) is 14.2 Å². The second-order valence-electron chi connectivity index (χ2n) is 8.99. The molecular weight excluding hydrogens is 498 g/mol. The van der Waals surface area contributed by atoms with E-state index in [1.165, 1.54) is 25.2 Å². The average Bonchev–Trinajstić information content (AvgIpc) is 2.87. The minimum absolute atomic E-state index is 0.0892. The van der Waals surface area contributed by atoms with E-state index in [2.05, 4.69) is 5.32 Å².